The van der Waals surface area contributed by atoms with E-state index >= 15 is 0 Å². The Balaban J connectivity index is 2.22. The third-order valence-electron chi connectivity index (χ3n) is 7.01. The molecule has 1 fully saturated rings. The second-order valence-electron chi connectivity index (χ2n) is 9.17. The molecule has 2 aliphatic carbocycles. The van der Waals surface area contributed by atoms with Crippen molar-refractivity contribution in [2.45, 2.75) is 91.3 Å². The molecule has 0 aromatic heterocycles. The topological polar surface area (TPSA) is 60.7 Å². The Morgan fingerprint density at radius 3 is 2.52 bits per heavy atom. The molecule has 3 nitrogen and oxygen atoms in total. The van der Waals surface area contributed by atoms with Crippen LogP contribution in [0.15, 0.2) is 11.1 Å². The maximum Gasteiger partial charge on any atom is 0.105 e. The van der Waals surface area contributed by atoms with E-state index in [2.05, 4.69) is 27.7 Å². The molecule has 0 aromatic rings. The van der Waals surface area contributed by atoms with Crippen molar-refractivity contribution in [1.29, 1.82) is 0 Å². The van der Waals surface area contributed by atoms with E-state index in [1.807, 2.05) is 0 Å². The number of hydrogen-bond donors (Lipinski definition) is 3. The quantitative estimate of drug-likeness (QED) is 0.674. The van der Waals surface area contributed by atoms with Gasteiger partial charge in [0.1, 0.15) is 6.10 Å². The van der Waals surface area contributed by atoms with Crippen LogP contribution in [0.4, 0.5) is 0 Å². The van der Waals surface area contributed by atoms with Crippen LogP contribution in [0.1, 0.15) is 79.6 Å². The molecule has 4 unspecified atom stereocenters. The van der Waals surface area contributed by atoms with Crippen LogP contribution in [0.2, 0.25) is 0 Å². The minimum atomic E-state index is -1.23. The average Bonchev–Trinajstić information content (AvgIpc) is 2.44. The molecule has 3 N–H and O–H groups in total. The Bertz CT molecular complexity index is 464. The van der Waals surface area contributed by atoms with Crippen LogP contribution in [-0.4, -0.2) is 33.6 Å². The van der Waals surface area contributed by atoms with Crippen LogP contribution in [0.3, 0.4) is 0 Å². The molecule has 0 amide bonds. The van der Waals surface area contributed by atoms with Crippen LogP contribution in [-0.2, 0) is 0 Å². The van der Waals surface area contributed by atoms with Gasteiger partial charge < -0.3 is 15.3 Å². The predicted octanol–water partition coefficient (Wildman–Crippen LogP) is 3.81. The zero-order valence-electron chi connectivity index (χ0n) is 15.7. The monoisotopic (exact) mass is 324 g/mol. The third kappa shape index (κ3) is 3.52. The Kier molecular flexibility index (Phi) is 5.35. The molecule has 1 saturated carbocycles. The van der Waals surface area contributed by atoms with Crippen molar-refractivity contribution in [1.82, 2.24) is 0 Å². The van der Waals surface area contributed by atoms with Crippen molar-refractivity contribution in [2.24, 2.45) is 16.7 Å². The van der Waals surface area contributed by atoms with Crippen LogP contribution in [0, 0.1) is 16.7 Å². The highest BCUT2D eigenvalue weighted by molar-refractivity contribution is 5.27. The van der Waals surface area contributed by atoms with Crippen LogP contribution in [0.5, 0.6) is 0 Å². The second-order valence-corrected chi connectivity index (χ2v) is 9.17. The van der Waals surface area contributed by atoms with E-state index in [-0.39, 0.29) is 5.41 Å². The van der Waals surface area contributed by atoms with Gasteiger partial charge in [-0.05, 0) is 69.1 Å². The molecule has 2 rings (SSSR count). The predicted molar refractivity (Wildman–Crippen MR) is 94.1 cm³/mol. The summed E-state index contributed by atoms with van der Waals surface area (Å²) in [6.45, 7) is 10.7. The fraction of sp³-hybridized carbons (Fsp3) is 0.900. The van der Waals surface area contributed by atoms with Gasteiger partial charge in [0.25, 0.3) is 0 Å². The lowest BCUT2D eigenvalue weighted by Crippen LogP contribution is -2.46. The Labute approximate surface area is 141 Å². The summed E-state index contributed by atoms with van der Waals surface area (Å²) >= 11 is 0. The summed E-state index contributed by atoms with van der Waals surface area (Å²) < 4.78 is 0. The Morgan fingerprint density at radius 2 is 1.91 bits per heavy atom. The van der Waals surface area contributed by atoms with Crippen molar-refractivity contribution < 1.29 is 15.3 Å². The molecule has 23 heavy (non-hydrogen) atoms. The van der Waals surface area contributed by atoms with E-state index in [0.717, 1.165) is 12.8 Å². The minimum Gasteiger partial charge on any atom is -0.394 e. The SMILES string of the molecule is CC1=C(CCC(C)(O)C(O)CO)C2(C)CCCC(C)(C)C2CC1. The van der Waals surface area contributed by atoms with Crippen LogP contribution in [0.25, 0.3) is 0 Å². The summed E-state index contributed by atoms with van der Waals surface area (Å²) in [5.74, 6) is 0.704. The van der Waals surface area contributed by atoms with Crippen LogP contribution < -0.4 is 0 Å². The summed E-state index contributed by atoms with van der Waals surface area (Å²) in [5.41, 5.74) is 2.37. The normalized spacial score (nSPS) is 34.7. The smallest absolute Gasteiger partial charge is 0.105 e. The van der Waals surface area contributed by atoms with Gasteiger partial charge >= 0.3 is 0 Å². The zero-order valence-corrected chi connectivity index (χ0v) is 15.7. The molecule has 0 bridgehead atoms. The van der Waals surface area contributed by atoms with E-state index in [1.165, 1.54) is 36.8 Å². The molecule has 0 aromatic carbocycles. The standard InChI is InChI=1S/C20H36O3/c1-14-7-8-16-18(2,3)10-6-11-19(16,4)15(14)9-12-20(5,23)17(22)13-21/h16-17,21-23H,6-13H2,1-5H3. The van der Waals surface area contributed by atoms with E-state index < -0.39 is 18.3 Å². The fourth-order valence-electron chi connectivity index (χ4n) is 5.43. The lowest BCUT2D eigenvalue weighted by Gasteiger charge is -2.55. The molecule has 0 spiro atoms. The fourth-order valence-corrected chi connectivity index (χ4v) is 5.43. The van der Waals surface area contributed by atoms with E-state index in [9.17, 15) is 10.2 Å². The van der Waals surface area contributed by atoms with Crippen molar-refractivity contribution in [3.8, 4) is 0 Å². The molecule has 0 saturated heterocycles. The van der Waals surface area contributed by atoms with E-state index in [0.29, 0.717) is 17.8 Å². The first-order chi connectivity index (χ1) is 10.5. The van der Waals surface area contributed by atoms with E-state index in [4.69, 9.17) is 5.11 Å². The molecular formula is C20H36O3. The largest absolute Gasteiger partial charge is 0.394 e. The first-order valence-corrected chi connectivity index (χ1v) is 9.25. The molecule has 3 heteroatoms. The Hall–Kier alpha value is -0.380. The van der Waals surface area contributed by atoms with Gasteiger partial charge in [-0.3, -0.25) is 0 Å². The highest BCUT2D eigenvalue weighted by atomic mass is 16.4. The van der Waals surface area contributed by atoms with Gasteiger partial charge in [0.15, 0.2) is 0 Å². The van der Waals surface area contributed by atoms with Gasteiger partial charge in [-0.15, -0.1) is 0 Å². The summed E-state index contributed by atoms with van der Waals surface area (Å²) in [7, 11) is 0. The number of fused-ring (bicyclic) bond motifs is 1. The van der Waals surface area contributed by atoms with E-state index in [1.54, 1.807) is 6.92 Å². The zero-order chi connectivity index (χ0) is 17.5. The van der Waals surface area contributed by atoms with Gasteiger partial charge in [0, 0.05) is 0 Å². The highest BCUT2D eigenvalue weighted by Gasteiger charge is 2.50. The van der Waals surface area contributed by atoms with Gasteiger partial charge in [-0.1, -0.05) is 38.3 Å². The molecule has 0 heterocycles. The summed E-state index contributed by atoms with van der Waals surface area (Å²) in [4.78, 5) is 0. The van der Waals surface area contributed by atoms with Crippen molar-refractivity contribution in [3.05, 3.63) is 11.1 Å². The molecule has 2 aliphatic rings. The van der Waals surface area contributed by atoms with Crippen molar-refractivity contribution in [2.75, 3.05) is 6.61 Å². The first kappa shape index (κ1) is 19.0. The Morgan fingerprint density at radius 1 is 1.26 bits per heavy atom. The lowest BCUT2D eigenvalue weighted by molar-refractivity contribution is -0.0884. The van der Waals surface area contributed by atoms with Crippen molar-refractivity contribution >= 4 is 0 Å². The maximum absolute atomic E-state index is 10.4. The summed E-state index contributed by atoms with van der Waals surface area (Å²) in [6.07, 6.45) is 6.49. The summed E-state index contributed by atoms with van der Waals surface area (Å²) in [5, 5.41) is 29.4. The second kappa shape index (κ2) is 6.50. The number of hydrogen-bond acceptors (Lipinski definition) is 3. The first-order valence-electron chi connectivity index (χ1n) is 9.25. The third-order valence-corrected chi connectivity index (χ3v) is 7.01. The van der Waals surface area contributed by atoms with Crippen molar-refractivity contribution in [3.63, 3.8) is 0 Å². The average molecular weight is 325 g/mol. The number of allylic oxidation sites excluding steroid dienone is 2. The highest BCUT2D eigenvalue weighted by Crippen LogP contribution is 2.60. The lowest BCUT2D eigenvalue weighted by atomic mass is 9.50. The molecule has 134 valence electrons. The van der Waals surface area contributed by atoms with Crippen LogP contribution >= 0.6 is 0 Å². The molecule has 4 atom stereocenters. The number of aliphatic hydroxyl groups excluding tert-OH is 2. The van der Waals surface area contributed by atoms with Gasteiger partial charge in [0.2, 0.25) is 0 Å². The summed E-state index contributed by atoms with van der Waals surface area (Å²) in [6, 6.07) is 0. The minimum absolute atomic E-state index is 0.227. The van der Waals surface area contributed by atoms with Gasteiger partial charge in [-0.25, -0.2) is 0 Å². The maximum atomic E-state index is 10.4. The van der Waals surface area contributed by atoms with Gasteiger partial charge in [-0.2, -0.15) is 0 Å². The van der Waals surface area contributed by atoms with Gasteiger partial charge in [0.05, 0.1) is 12.2 Å². The number of aliphatic hydroxyl groups is 3. The molecule has 0 radical (unpaired) electrons. The number of rotatable bonds is 5. The molecular weight excluding hydrogens is 288 g/mol. The molecule has 0 aliphatic heterocycles.